The summed E-state index contributed by atoms with van der Waals surface area (Å²) in [5.74, 6) is -1.28. The van der Waals surface area contributed by atoms with Gasteiger partial charge in [0.15, 0.2) is 0 Å². The third-order valence-electron chi connectivity index (χ3n) is 3.21. The van der Waals surface area contributed by atoms with Crippen LogP contribution in [0.2, 0.25) is 0 Å². The number of carboxylic acids is 1. The Morgan fingerprint density at radius 3 is 2.65 bits per heavy atom. The second kappa shape index (κ2) is 5.84. The third-order valence-corrected chi connectivity index (χ3v) is 3.21. The van der Waals surface area contributed by atoms with Crippen LogP contribution in [0.15, 0.2) is 36.4 Å². The Morgan fingerprint density at radius 2 is 2.00 bits per heavy atom. The molecule has 0 fully saturated rings. The number of ether oxygens (including phenoxy) is 1. The molecule has 3 nitrogen and oxygen atoms in total. The highest BCUT2D eigenvalue weighted by atomic mass is 19.1. The quantitative estimate of drug-likeness (QED) is 0.925. The van der Waals surface area contributed by atoms with Gasteiger partial charge in [0.2, 0.25) is 0 Å². The molecule has 104 valence electrons. The lowest BCUT2D eigenvalue weighted by atomic mass is 9.94. The Bertz CT molecular complexity index is 650. The highest BCUT2D eigenvalue weighted by Gasteiger charge is 2.13. The molecule has 0 amide bonds. The first-order chi connectivity index (χ1) is 9.54. The monoisotopic (exact) mass is 274 g/mol. The molecule has 0 atom stereocenters. The molecule has 1 N–H and O–H groups in total. The van der Waals surface area contributed by atoms with Crippen LogP contribution in [0, 0.1) is 12.7 Å². The van der Waals surface area contributed by atoms with Gasteiger partial charge in [-0.3, -0.25) is 0 Å². The molecule has 0 spiro atoms. The molecule has 2 aromatic rings. The van der Waals surface area contributed by atoms with E-state index in [9.17, 15) is 9.18 Å². The van der Waals surface area contributed by atoms with Crippen LogP contribution in [0.4, 0.5) is 4.39 Å². The average molecular weight is 274 g/mol. The van der Waals surface area contributed by atoms with E-state index in [0.29, 0.717) is 5.56 Å². The van der Waals surface area contributed by atoms with Gasteiger partial charge in [-0.2, -0.15) is 0 Å². The fourth-order valence-electron chi connectivity index (χ4n) is 2.16. The van der Waals surface area contributed by atoms with Crippen molar-refractivity contribution in [2.24, 2.45) is 0 Å². The van der Waals surface area contributed by atoms with Crippen LogP contribution in [0.1, 0.15) is 21.5 Å². The molecular formula is C16H15FO3. The Hall–Kier alpha value is -2.20. The lowest BCUT2D eigenvalue weighted by Crippen LogP contribution is -2.01. The van der Waals surface area contributed by atoms with Crippen molar-refractivity contribution >= 4 is 5.97 Å². The molecule has 0 unspecified atom stereocenters. The van der Waals surface area contributed by atoms with Crippen LogP contribution < -0.4 is 0 Å². The number of hydrogen-bond donors (Lipinski definition) is 1. The third kappa shape index (κ3) is 2.70. The maximum Gasteiger partial charge on any atom is 0.335 e. The number of carboxylic acid groups (broad SMARTS) is 1. The van der Waals surface area contributed by atoms with E-state index in [-0.39, 0.29) is 18.0 Å². The van der Waals surface area contributed by atoms with Crippen LogP contribution in [0.5, 0.6) is 0 Å². The van der Waals surface area contributed by atoms with Gasteiger partial charge in [0.1, 0.15) is 5.82 Å². The summed E-state index contributed by atoms with van der Waals surface area (Å²) in [6, 6.07) is 9.62. The molecule has 20 heavy (non-hydrogen) atoms. The van der Waals surface area contributed by atoms with Crippen molar-refractivity contribution in [1.82, 2.24) is 0 Å². The van der Waals surface area contributed by atoms with E-state index in [4.69, 9.17) is 9.84 Å². The number of carbonyl (C=O) groups is 1. The Balaban J connectivity index is 2.61. The van der Waals surface area contributed by atoms with E-state index in [1.54, 1.807) is 25.1 Å². The van der Waals surface area contributed by atoms with Gasteiger partial charge in [-0.25, -0.2) is 9.18 Å². The number of methoxy groups -OCH3 is 1. The standard InChI is InChI=1S/C16H15FO3/c1-10-13(4-3-5-15(10)17)14-7-6-11(16(18)19)8-12(14)9-20-2/h3-8H,9H2,1-2H3,(H,18,19). The van der Waals surface area contributed by atoms with Crippen molar-refractivity contribution in [2.75, 3.05) is 7.11 Å². The van der Waals surface area contributed by atoms with Crippen molar-refractivity contribution in [3.8, 4) is 11.1 Å². The summed E-state index contributed by atoms with van der Waals surface area (Å²) in [6.07, 6.45) is 0. The highest BCUT2D eigenvalue weighted by molar-refractivity contribution is 5.89. The summed E-state index contributed by atoms with van der Waals surface area (Å²) in [4.78, 5) is 11.0. The number of hydrogen-bond acceptors (Lipinski definition) is 2. The van der Waals surface area contributed by atoms with Gasteiger partial charge in [-0.1, -0.05) is 18.2 Å². The van der Waals surface area contributed by atoms with Gasteiger partial charge in [0.05, 0.1) is 12.2 Å². The molecule has 0 saturated heterocycles. The summed E-state index contributed by atoms with van der Waals surface area (Å²) in [5.41, 5.74) is 2.98. The molecule has 0 radical (unpaired) electrons. The van der Waals surface area contributed by atoms with Crippen molar-refractivity contribution < 1.29 is 19.0 Å². The SMILES string of the molecule is COCc1cc(C(=O)O)ccc1-c1cccc(F)c1C. The fourth-order valence-corrected chi connectivity index (χ4v) is 2.16. The van der Waals surface area contributed by atoms with E-state index in [0.717, 1.165) is 16.7 Å². The normalized spacial score (nSPS) is 10.6. The van der Waals surface area contributed by atoms with E-state index >= 15 is 0 Å². The number of halogens is 1. The smallest absolute Gasteiger partial charge is 0.335 e. The zero-order valence-corrected chi connectivity index (χ0v) is 11.3. The molecule has 4 heteroatoms. The maximum absolute atomic E-state index is 13.7. The van der Waals surface area contributed by atoms with Crippen LogP contribution in [0.3, 0.4) is 0 Å². The second-order valence-corrected chi connectivity index (χ2v) is 4.52. The zero-order chi connectivity index (χ0) is 14.7. The fraction of sp³-hybridized carbons (Fsp3) is 0.188. The highest BCUT2D eigenvalue weighted by Crippen LogP contribution is 2.29. The summed E-state index contributed by atoms with van der Waals surface area (Å²) in [5, 5.41) is 9.04. The summed E-state index contributed by atoms with van der Waals surface area (Å²) in [6.45, 7) is 1.97. The van der Waals surface area contributed by atoms with Gasteiger partial charge >= 0.3 is 5.97 Å². The molecule has 0 aromatic heterocycles. The van der Waals surface area contributed by atoms with Crippen LogP contribution >= 0.6 is 0 Å². The topological polar surface area (TPSA) is 46.5 Å². The lowest BCUT2D eigenvalue weighted by molar-refractivity contribution is 0.0696. The van der Waals surface area contributed by atoms with E-state index in [1.807, 2.05) is 6.07 Å². The molecule has 0 saturated carbocycles. The van der Waals surface area contributed by atoms with Gasteiger partial charge < -0.3 is 9.84 Å². The Labute approximate surface area is 116 Å². The predicted molar refractivity (Wildman–Crippen MR) is 74.2 cm³/mol. The van der Waals surface area contributed by atoms with Gasteiger partial charge in [0.25, 0.3) is 0 Å². The van der Waals surface area contributed by atoms with Crippen LogP contribution in [0.25, 0.3) is 11.1 Å². The van der Waals surface area contributed by atoms with Crippen molar-refractivity contribution in [3.05, 3.63) is 58.9 Å². The first-order valence-corrected chi connectivity index (χ1v) is 6.15. The molecule has 0 aliphatic heterocycles. The summed E-state index contributed by atoms with van der Waals surface area (Å²) in [7, 11) is 1.54. The van der Waals surface area contributed by atoms with Crippen LogP contribution in [-0.2, 0) is 11.3 Å². The minimum atomic E-state index is -0.995. The number of aromatic carboxylic acids is 1. The van der Waals surface area contributed by atoms with Crippen molar-refractivity contribution in [3.63, 3.8) is 0 Å². The molecular weight excluding hydrogens is 259 g/mol. The number of rotatable bonds is 4. The van der Waals surface area contributed by atoms with Gasteiger partial charge in [-0.05, 0) is 47.4 Å². The van der Waals surface area contributed by atoms with E-state index < -0.39 is 5.97 Å². The minimum Gasteiger partial charge on any atom is -0.478 e. The average Bonchev–Trinajstić information content (AvgIpc) is 2.42. The molecule has 2 aromatic carbocycles. The summed E-state index contributed by atoms with van der Waals surface area (Å²) < 4.78 is 18.8. The van der Waals surface area contributed by atoms with Gasteiger partial charge in [0, 0.05) is 7.11 Å². The maximum atomic E-state index is 13.7. The largest absolute Gasteiger partial charge is 0.478 e. The first kappa shape index (κ1) is 14.2. The molecule has 0 bridgehead atoms. The van der Waals surface area contributed by atoms with Crippen molar-refractivity contribution in [2.45, 2.75) is 13.5 Å². The zero-order valence-electron chi connectivity index (χ0n) is 11.3. The Morgan fingerprint density at radius 1 is 1.25 bits per heavy atom. The Kier molecular flexibility index (Phi) is 4.15. The predicted octanol–water partition coefficient (Wildman–Crippen LogP) is 3.65. The molecule has 0 aliphatic rings. The minimum absolute atomic E-state index is 0.190. The van der Waals surface area contributed by atoms with Crippen LogP contribution in [-0.4, -0.2) is 18.2 Å². The van der Waals surface area contributed by atoms with Crippen molar-refractivity contribution in [1.29, 1.82) is 0 Å². The van der Waals surface area contributed by atoms with Gasteiger partial charge in [-0.15, -0.1) is 0 Å². The molecule has 0 heterocycles. The summed E-state index contributed by atoms with van der Waals surface area (Å²) >= 11 is 0. The first-order valence-electron chi connectivity index (χ1n) is 6.15. The van der Waals surface area contributed by atoms with E-state index in [1.165, 1.54) is 19.2 Å². The molecule has 0 aliphatic carbocycles. The molecule has 2 rings (SSSR count). The second-order valence-electron chi connectivity index (χ2n) is 4.52. The number of benzene rings is 2. The lowest BCUT2D eigenvalue weighted by Gasteiger charge is -2.13. The van der Waals surface area contributed by atoms with E-state index in [2.05, 4.69) is 0 Å².